The van der Waals surface area contributed by atoms with Gasteiger partial charge in [-0.3, -0.25) is 14.9 Å². The summed E-state index contributed by atoms with van der Waals surface area (Å²) in [5.74, 6) is 0.524. The molecule has 1 aromatic rings. The number of amides is 1. The first-order valence-corrected chi connectivity index (χ1v) is 8.21. The van der Waals surface area contributed by atoms with Crippen LogP contribution in [0.1, 0.15) is 30.6 Å². The standard InChI is InChI=1S/C14H21N3O3S/c1-4-15-12-7-5-6-11(13(12)17(19)20)14(18)16-10(2)8-9-21-3/h5-7,10,15H,4,8-9H2,1-3H3,(H,16,18). The maximum absolute atomic E-state index is 12.2. The minimum absolute atomic E-state index is 0.0210. The number of hydrogen-bond acceptors (Lipinski definition) is 5. The molecule has 7 heteroatoms. The van der Waals surface area contributed by atoms with Crippen molar-refractivity contribution in [3.05, 3.63) is 33.9 Å². The average Bonchev–Trinajstić information content (AvgIpc) is 2.44. The van der Waals surface area contributed by atoms with Crippen molar-refractivity contribution in [3.63, 3.8) is 0 Å². The van der Waals surface area contributed by atoms with Crippen molar-refractivity contribution < 1.29 is 9.72 Å². The van der Waals surface area contributed by atoms with Gasteiger partial charge in [0, 0.05) is 12.6 Å². The lowest BCUT2D eigenvalue weighted by Crippen LogP contribution is -2.33. The fraction of sp³-hybridized carbons (Fsp3) is 0.500. The van der Waals surface area contributed by atoms with E-state index < -0.39 is 10.8 Å². The van der Waals surface area contributed by atoms with Crippen LogP contribution in [0.3, 0.4) is 0 Å². The van der Waals surface area contributed by atoms with Crippen LogP contribution in [0.25, 0.3) is 0 Å². The van der Waals surface area contributed by atoms with Crippen LogP contribution in [0, 0.1) is 10.1 Å². The van der Waals surface area contributed by atoms with Crippen molar-refractivity contribution in [3.8, 4) is 0 Å². The Hall–Kier alpha value is -1.76. The smallest absolute Gasteiger partial charge is 0.305 e. The quantitative estimate of drug-likeness (QED) is 0.569. The molecule has 0 aliphatic heterocycles. The molecular weight excluding hydrogens is 290 g/mol. The molecule has 0 bridgehead atoms. The van der Waals surface area contributed by atoms with Crippen LogP contribution < -0.4 is 10.6 Å². The zero-order valence-electron chi connectivity index (χ0n) is 12.5. The van der Waals surface area contributed by atoms with E-state index in [1.165, 1.54) is 6.07 Å². The van der Waals surface area contributed by atoms with Gasteiger partial charge in [-0.15, -0.1) is 0 Å². The molecule has 0 aliphatic rings. The van der Waals surface area contributed by atoms with Gasteiger partial charge in [-0.05, 0) is 44.4 Å². The topological polar surface area (TPSA) is 84.3 Å². The predicted octanol–water partition coefficient (Wildman–Crippen LogP) is 2.90. The molecule has 0 spiro atoms. The second-order valence-corrected chi connectivity index (χ2v) is 5.63. The van der Waals surface area contributed by atoms with Crippen LogP contribution >= 0.6 is 11.8 Å². The fourth-order valence-corrected chi connectivity index (χ4v) is 2.51. The Morgan fingerprint density at radius 3 is 2.76 bits per heavy atom. The molecule has 2 N–H and O–H groups in total. The number of nitrogens with zero attached hydrogens (tertiary/aromatic N) is 1. The summed E-state index contributed by atoms with van der Waals surface area (Å²) in [5, 5.41) is 17.0. The molecule has 1 unspecified atom stereocenters. The number of carbonyl (C=O) groups is 1. The van der Waals surface area contributed by atoms with E-state index in [-0.39, 0.29) is 17.3 Å². The highest BCUT2D eigenvalue weighted by Crippen LogP contribution is 2.28. The molecule has 0 heterocycles. The van der Waals surface area contributed by atoms with Crippen molar-refractivity contribution >= 4 is 29.0 Å². The molecule has 0 saturated heterocycles. The Morgan fingerprint density at radius 1 is 1.48 bits per heavy atom. The highest BCUT2D eigenvalue weighted by molar-refractivity contribution is 7.98. The Labute approximate surface area is 128 Å². The van der Waals surface area contributed by atoms with Crippen molar-refractivity contribution in [1.29, 1.82) is 0 Å². The molecule has 6 nitrogen and oxygen atoms in total. The number of para-hydroxylation sites is 1. The number of nitrogens with one attached hydrogen (secondary N) is 2. The van der Waals surface area contributed by atoms with Gasteiger partial charge in [0.2, 0.25) is 0 Å². The average molecular weight is 311 g/mol. The van der Waals surface area contributed by atoms with Gasteiger partial charge in [0.05, 0.1) is 4.92 Å². The van der Waals surface area contributed by atoms with E-state index in [2.05, 4.69) is 10.6 Å². The van der Waals surface area contributed by atoms with Crippen LogP contribution in [0.5, 0.6) is 0 Å². The summed E-state index contributed by atoms with van der Waals surface area (Å²) in [6, 6.07) is 4.71. The number of carbonyl (C=O) groups excluding carboxylic acids is 1. The Morgan fingerprint density at radius 2 is 2.19 bits per heavy atom. The van der Waals surface area contributed by atoms with Gasteiger partial charge in [-0.25, -0.2) is 0 Å². The molecule has 1 amide bonds. The summed E-state index contributed by atoms with van der Waals surface area (Å²) in [4.78, 5) is 23.0. The number of nitro benzene ring substituents is 1. The lowest BCUT2D eigenvalue weighted by atomic mass is 10.1. The normalized spacial score (nSPS) is 11.8. The van der Waals surface area contributed by atoms with E-state index in [9.17, 15) is 14.9 Å². The molecule has 1 rings (SSSR count). The molecule has 116 valence electrons. The minimum atomic E-state index is -0.514. The van der Waals surface area contributed by atoms with Crippen molar-refractivity contribution in [2.45, 2.75) is 26.3 Å². The highest BCUT2D eigenvalue weighted by atomic mass is 32.2. The molecule has 0 fully saturated rings. The molecule has 0 saturated carbocycles. The molecule has 0 aliphatic carbocycles. The first-order chi connectivity index (χ1) is 10.0. The van der Waals surface area contributed by atoms with E-state index in [1.54, 1.807) is 23.9 Å². The second-order valence-electron chi connectivity index (χ2n) is 4.65. The zero-order chi connectivity index (χ0) is 15.8. The number of hydrogen-bond donors (Lipinski definition) is 2. The summed E-state index contributed by atoms with van der Waals surface area (Å²) in [7, 11) is 0. The first kappa shape index (κ1) is 17.3. The van der Waals surface area contributed by atoms with Crippen LogP contribution in [0.15, 0.2) is 18.2 Å². The van der Waals surface area contributed by atoms with E-state index in [0.717, 1.165) is 12.2 Å². The highest BCUT2D eigenvalue weighted by Gasteiger charge is 2.24. The third-order valence-corrected chi connectivity index (χ3v) is 3.61. The maximum atomic E-state index is 12.2. The predicted molar refractivity (Wildman–Crippen MR) is 87.2 cm³/mol. The summed E-state index contributed by atoms with van der Waals surface area (Å²) in [6.07, 6.45) is 2.83. The van der Waals surface area contributed by atoms with Crippen molar-refractivity contribution in [1.82, 2.24) is 5.32 Å². The van der Waals surface area contributed by atoms with Gasteiger partial charge in [0.25, 0.3) is 5.91 Å². The van der Waals surface area contributed by atoms with E-state index in [0.29, 0.717) is 12.2 Å². The fourth-order valence-electron chi connectivity index (χ4n) is 1.92. The Balaban J connectivity index is 2.98. The summed E-state index contributed by atoms with van der Waals surface area (Å²) in [6.45, 7) is 4.30. The van der Waals surface area contributed by atoms with Crippen molar-refractivity contribution in [2.75, 3.05) is 23.9 Å². The van der Waals surface area contributed by atoms with Crippen LogP contribution in [-0.4, -0.2) is 35.4 Å². The largest absolute Gasteiger partial charge is 0.380 e. The molecular formula is C14H21N3O3S. The zero-order valence-corrected chi connectivity index (χ0v) is 13.3. The van der Waals surface area contributed by atoms with E-state index in [4.69, 9.17) is 0 Å². The second kappa shape index (κ2) is 8.51. The summed E-state index contributed by atoms with van der Waals surface area (Å²) < 4.78 is 0. The molecule has 1 aromatic carbocycles. The number of benzene rings is 1. The third kappa shape index (κ3) is 4.93. The number of anilines is 1. The van der Waals surface area contributed by atoms with E-state index in [1.807, 2.05) is 20.1 Å². The van der Waals surface area contributed by atoms with E-state index >= 15 is 0 Å². The van der Waals surface area contributed by atoms with Gasteiger partial charge in [-0.1, -0.05) is 6.07 Å². The summed E-state index contributed by atoms with van der Waals surface area (Å²) in [5.41, 5.74) is 0.287. The van der Waals surface area contributed by atoms with Crippen LogP contribution in [0.2, 0.25) is 0 Å². The number of rotatable bonds is 8. The lowest BCUT2D eigenvalue weighted by Gasteiger charge is -2.14. The molecule has 0 aromatic heterocycles. The van der Waals surface area contributed by atoms with Crippen LogP contribution in [0.4, 0.5) is 11.4 Å². The number of nitro groups is 1. The summed E-state index contributed by atoms with van der Waals surface area (Å²) >= 11 is 1.70. The monoisotopic (exact) mass is 311 g/mol. The van der Waals surface area contributed by atoms with Gasteiger partial charge in [0.15, 0.2) is 0 Å². The first-order valence-electron chi connectivity index (χ1n) is 6.82. The molecule has 0 radical (unpaired) electrons. The Kier molecular flexibility index (Phi) is 7.01. The van der Waals surface area contributed by atoms with Gasteiger partial charge in [0.1, 0.15) is 11.3 Å². The van der Waals surface area contributed by atoms with Crippen LogP contribution in [-0.2, 0) is 0 Å². The van der Waals surface area contributed by atoms with Crippen molar-refractivity contribution in [2.24, 2.45) is 0 Å². The lowest BCUT2D eigenvalue weighted by molar-refractivity contribution is -0.384. The van der Waals surface area contributed by atoms with Gasteiger partial charge in [-0.2, -0.15) is 11.8 Å². The molecule has 21 heavy (non-hydrogen) atoms. The number of thioether (sulfide) groups is 1. The molecule has 1 atom stereocenters. The SMILES string of the molecule is CCNc1cccc(C(=O)NC(C)CCSC)c1[N+](=O)[O-]. The van der Waals surface area contributed by atoms with Gasteiger partial charge < -0.3 is 10.6 Å². The minimum Gasteiger partial charge on any atom is -0.380 e. The third-order valence-electron chi connectivity index (χ3n) is 2.96. The van der Waals surface area contributed by atoms with Gasteiger partial charge >= 0.3 is 5.69 Å². The maximum Gasteiger partial charge on any atom is 0.305 e. The Bertz CT molecular complexity index is 508.